The average Bonchev–Trinajstić information content (AvgIpc) is 2.81. The second-order valence-electron chi connectivity index (χ2n) is 7.31. The molecule has 4 rings (SSSR count). The molecule has 0 aliphatic heterocycles. The summed E-state index contributed by atoms with van der Waals surface area (Å²) in [5.74, 6) is 0.540. The Labute approximate surface area is 180 Å². The lowest BCUT2D eigenvalue weighted by Gasteiger charge is -2.12. The quantitative estimate of drug-likeness (QED) is 0.523. The number of aryl methyl sites for hydroxylation is 1. The van der Waals surface area contributed by atoms with E-state index in [0.717, 1.165) is 16.9 Å². The monoisotopic (exact) mass is 413 g/mol. The Balaban J connectivity index is 1.61. The fourth-order valence-corrected chi connectivity index (χ4v) is 3.51. The molecule has 1 amide bonds. The van der Waals surface area contributed by atoms with Crippen molar-refractivity contribution in [2.75, 3.05) is 7.11 Å². The first-order valence-corrected chi connectivity index (χ1v) is 10.0. The highest BCUT2D eigenvalue weighted by molar-refractivity contribution is 5.97. The van der Waals surface area contributed by atoms with Crippen molar-refractivity contribution in [3.63, 3.8) is 0 Å². The van der Waals surface area contributed by atoms with Crippen LogP contribution in [-0.4, -0.2) is 22.6 Å². The van der Waals surface area contributed by atoms with Crippen LogP contribution in [0.4, 0.5) is 0 Å². The van der Waals surface area contributed by atoms with Gasteiger partial charge in [0.2, 0.25) is 0 Å². The highest BCUT2D eigenvalue weighted by Crippen LogP contribution is 2.16. The van der Waals surface area contributed by atoms with Gasteiger partial charge in [0.05, 0.1) is 24.7 Å². The van der Waals surface area contributed by atoms with Crippen LogP contribution in [0.2, 0.25) is 0 Å². The topological polar surface area (TPSA) is 73.2 Å². The Hall–Kier alpha value is -3.93. The van der Waals surface area contributed by atoms with Gasteiger partial charge in [0.25, 0.3) is 11.5 Å². The van der Waals surface area contributed by atoms with E-state index in [1.165, 1.54) is 0 Å². The third-order valence-corrected chi connectivity index (χ3v) is 5.14. The maximum absolute atomic E-state index is 12.7. The molecule has 4 aromatic rings. The van der Waals surface area contributed by atoms with E-state index >= 15 is 0 Å². The van der Waals surface area contributed by atoms with Crippen molar-refractivity contribution in [1.29, 1.82) is 0 Å². The second-order valence-corrected chi connectivity index (χ2v) is 7.31. The Kier molecular flexibility index (Phi) is 5.80. The standard InChI is InChI=1S/C25H23N3O3/c1-17-25(30)28(16-18-7-4-3-5-8-18)23-12-11-20(14-22(23)27-17)24(29)26-15-19-9-6-10-21(13-19)31-2/h3-14H,15-16H2,1-2H3,(H,26,29). The van der Waals surface area contributed by atoms with Gasteiger partial charge in [0, 0.05) is 12.1 Å². The SMILES string of the molecule is COc1cccc(CNC(=O)c2ccc3c(c2)nc(C)c(=O)n3Cc2ccccc2)c1. The van der Waals surface area contributed by atoms with Gasteiger partial charge in [0.1, 0.15) is 11.4 Å². The Bertz CT molecular complexity index is 1300. The van der Waals surface area contributed by atoms with Crippen LogP contribution < -0.4 is 15.6 Å². The van der Waals surface area contributed by atoms with Crippen molar-refractivity contribution in [3.8, 4) is 5.75 Å². The molecule has 1 N–H and O–H groups in total. The Morgan fingerprint density at radius 2 is 1.77 bits per heavy atom. The van der Waals surface area contributed by atoms with E-state index in [1.807, 2.05) is 54.6 Å². The van der Waals surface area contributed by atoms with E-state index in [2.05, 4.69) is 10.3 Å². The second kappa shape index (κ2) is 8.83. The summed E-state index contributed by atoms with van der Waals surface area (Å²) in [6, 6.07) is 22.6. The van der Waals surface area contributed by atoms with Crippen LogP contribution in [0.1, 0.15) is 27.2 Å². The number of carbonyl (C=O) groups excluding carboxylic acids is 1. The molecule has 31 heavy (non-hydrogen) atoms. The number of hydrogen-bond acceptors (Lipinski definition) is 4. The summed E-state index contributed by atoms with van der Waals surface area (Å²) in [5, 5.41) is 2.92. The number of amides is 1. The maximum Gasteiger partial charge on any atom is 0.272 e. The van der Waals surface area contributed by atoms with Crippen molar-refractivity contribution in [2.45, 2.75) is 20.0 Å². The van der Waals surface area contributed by atoms with Crippen LogP contribution in [0, 0.1) is 6.92 Å². The van der Waals surface area contributed by atoms with Gasteiger partial charge in [-0.1, -0.05) is 42.5 Å². The number of nitrogens with one attached hydrogen (secondary N) is 1. The lowest BCUT2D eigenvalue weighted by atomic mass is 10.1. The molecular weight excluding hydrogens is 390 g/mol. The number of rotatable bonds is 6. The first-order valence-electron chi connectivity index (χ1n) is 10.0. The zero-order chi connectivity index (χ0) is 21.8. The van der Waals surface area contributed by atoms with Crippen molar-refractivity contribution < 1.29 is 9.53 Å². The normalized spacial score (nSPS) is 10.8. The molecule has 0 aliphatic rings. The lowest BCUT2D eigenvalue weighted by Crippen LogP contribution is -2.25. The van der Waals surface area contributed by atoms with Gasteiger partial charge in [-0.3, -0.25) is 9.59 Å². The molecule has 0 radical (unpaired) electrons. The molecule has 6 heteroatoms. The van der Waals surface area contributed by atoms with Gasteiger partial charge in [-0.2, -0.15) is 0 Å². The van der Waals surface area contributed by atoms with Crippen molar-refractivity contribution in [1.82, 2.24) is 14.9 Å². The number of fused-ring (bicyclic) bond motifs is 1. The molecule has 1 heterocycles. The van der Waals surface area contributed by atoms with E-state index in [4.69, 9.17) is 4.74 Å². The van der Waals surface area contributed by atoms with Crippen LogP contribution in [0.3, 0.4) is 0 Å². The molecule has 0 fully saturated rings. The first-order chi connectivity index (χ1) is 15.0. The molecule has 0 atom stereocenters. The summed E-state index contributed by atoms with van der Waals surface area (Å²) in [7, 11) is 1.61. The van der Waals surface area contributed by atoms with Crippen molar-refractivity contribution in [3.05, 3.63) is 106 Å². The molecule has 0 saturated carbocycles. The fraction of sp³-hybridized carbons (Fsp3) is 0.160. The molecule has 0 bridgehead atoms. The van der Waals surface area contributed by atoms with Crippen LogP contribution >= 0.6 is 0 Å². The minimum absolute atomic E-state index is 0.133. The number of aromatic nitrogens is 2. The average molecular weight is 413 g/mol. The van der Waals surface area contributed by atoms with E-state index in [9.17, 15) is 9.59 Å². The molecule has 156 valence electrons. The van der Waals surface area contributed by atoms with Gasteiger partial charge >= 0.3 is 0 Å². The minimum Gasteiger partial charge on any atom is -0.497 e. The van der Waals surface area contributed by atoms with Gasteiger partial charge < -0.3 is 14.6 Å². The van der Waals surface area contributed by atoms with Crippen LogP contribution in [0.5, 0.6) is 5.75 Å². The van der Waals surface area contributed by atoms with Gasteiger partial charge in [-0.15, -0.1) is 0 Å². The van der Waals surface area contributed by atoms with E-state index in [-0.39, 0.29) is 11.5 Å². The first kappa shape index (κ1) is 20.3. The summed E-state index contributed by atoms with van der Waals surface area (Å²) in [5.41, 5.74) is 4.04. The molecule has 0 unspecified atom stereocenters. The third-order valence-electron chi connectivity index (χ3n) is 5.14. The molecule has 0 saturated heterocycles. The van der Waals surface area contributed by atoms with Crippen molar-refractivity contribution in [2.24, 2.45) is 0 Å². The number of hydrogen-bond donors (Lipinski definition) is 1. The van der Waals surface area contributed by atoms with E-state index in [1.54, 1.807) is 36.8 Å². The number of ether oxygens (including phenoxy) is 1. The molecule has 1 aromatic heterocycles. The number of carbonyl (C=O) groups is 1. The third kappa shape index (κ3) is 4.48. The molecule has 0 spiro atoms. The highest BCUT2D eigenvalue weighted by Gasteiger charge is 2.12. The molecule has 6 nitrogen and oxygen atoms in total. The van der Waals surface area contributed by atoms with E-state index in [0.29, 0.717) is 35.4 Å². The molecule has 3 aromatic carbocycles. The predicted molar refractivity (Wildman–Crippen MR) is 120 cm³/mol. The van der Waals surface area contributed by atoms with Crippen LogP contribution in [0.25, 0.3) is 11.0 Å². The summed E-state index contributed by atoms with van der Waals surface area (Å²) >= 11 is 0. The van der Waals surface area contributed by atoms with Gasteiger partial charge in [-0.05, 0) is 48.4 Å². The largest absolute Gasteiger partial charge is 0.497 e. The summed E-state index contributed by atoms with van der Waals surface area (Å²) in [6.07, 6.45) is 0. The maximum atomic E-state index is 12.7. The zero-order valence-electron chi connectivity index (χ0n) is 17.5. The lowest BCUT2D eigenvalue weighted by molar-refractivity contribution is 0.0951. The number of nitrogens with zero attached hydrogens (tertiary/aromatic N) is 2. The minimum atomic E-state index is -0.204. The Morgan fingerprint density at radius 3 is 2.55 bits per heavy atom. The highest BCUT2D eigenvalue weighted by atomic mass is 16.5. The smallest absolute Gasteiger partial charge is 0.272 e. The summed E-state index contributed by atoms with van der Waals surface area (Å²) < 4.78 is 6.92. The predicted octanol–water partition coefficient (Wildman–Crippen LogP) is 3.69. The van der Waals surface area contributed by atoms with Gasteiger partial charge in [-0.25, -0.2) is 4.98 Å². The summed E-state index contributed by atoms with van der Waals surface area (Å²) in [6.45, 7) is 2.52. The number of methoxy groups -OCH3 is 1. The van der Waals surface area contributed by atoms with E-state index < -0.39 is 0 Å². The van der Waals surface area contributed by atoms with Crippen LogP contribution in [0.15, 0.2) is 77.6 Å². The number of benzene rings is 3. The van der Waals surface area contributed by atoms with Gasteiger partial charge in [0.15, 0.2) is 0 Å². The molecule has 0 aliphatic carbocycles. The summed E-state index contributed by atoms with van der Waals surface area (Å²) in [4.78, 5) is 29.9. The molecular formula is C25H23N3O3. The van der Waals surface area contributed by atoms with Crippen molar-refractivity contribution >= 4 is 16.9 Å². The fourth-order valence-electron chi connectivity index (χ4n) is 3.51. The Morgan fingerprint density at radius 1 is 1.00 bits per heavy atom. The van der Waals surface area contributed by atoms with Crippen LogP contribution in [-0.2, 0) is 13.1 Å². The zero-order valence-corrected chi connectivity index (χ0v) is 17.5.